The van der Waals surface area contributed by atoms with Crippen LogP contribution in [0.5, 0.6) is 0 Å². The van der Waals surface area contributed by atoms with Crippen LogP contribution >= 0.6 is 12.4 Å². The molecular weight excluding hydrogens is 248 g/mol. The molecule has 18 heavy (non-hydrogen) atoms. The molecular formula is C14H29ClN2O. The van der Waals surface area contributed by atoms with E-state index in [-0.39, 0.29) is 12.4 Å². The van der Waals surface area contributed by atoms with Crippen molar-refractivity contribution in [2.24, 2.45) is 5.73 Å². The summed E-state index contributed by atoms with van der Waals surface area (Å²) in [5, 5.41) is 0. The average molecular weight is 277 g/mol. The van der Waals surface area contributed by atoms with Crippen LogP contribution in [0.2, 0.25) is 0 Å². The van der Waals surface area contributed by atoms with Gasteiger partial charge in [-0.25, -0.2) is 0 Å². The number of hydrogen-bond acceptors (Lipinski definition) is 2. The molecule has 0 aromatic rings. The summed E-state index contributed by atoms with van der Waals surface area (Å²) in [6.07, 6.45) is 9.97. The van der Waals surface area contributed by atoms with Crippen LogP contribution in [-0.4, -0.2) is 29.9 Å². The van der Waals surface area contributed by atoms with E-state index in [1.54, 1.807) is 0 Å². The summed E-state index contributed by atoms with van der Waals surface area (Å²) in [4.78, 5) is 14.2. The molecule has 1 amide bonds. The number of halogens is 1. The lowest BCUT2D eigenvalue weighted by Gasteiger charge is -2.35. The zero-order chi connectivity index (χ0) is 12.5. The van der Waals surface area contributed by atoms with Crippen LogP contribution in [0.25, 0.3) is 0 Å². The van der Waals surface area contributed by atoms with E-state index < -0.39 is 0 Å². The SMILES string of the molecule is CCC1CCCCN1C(=O)CCCCCCN.Cl. The van der Waals surface area contributed by atoms with Crippen molar-refractivity contribution in [1.82, 2.24) is 4.90 Å². The molecule has 4 heteroatoms. The summed E-state index contributed by atoms with van der Waals surface area (Å²) in [5.41, 5.74) is 5.45. The summed E-state index contributed by atoms with van der Waals surface area (Å²) in [5.74, 6) is 0.379. The molecule has 1 atom stereocenters. The van der Waals surface area contributed by atoms with E-state index in [9.17, 15) is 4.79 Å². The van der Waals surface area contributed by atoms with Crippen molar-refractivity contribution in [2.45, 2.75) is 70.8 Å². The molecule has 1 saturated heterocycles. The summed E-state index contributed by atoms with van der Waals surface area (Å²) >= 11 is 0. The van der Waals surface area contributed by atoms with Gasteiger partial charge in [0, 0.05) is 19.0 Å². The third kappa shape index (κ3) is 6.05. The van der Waals surface area contributed by atoms with Crippen LogP contribution in [-0.2, 0) is 4.79 Å². The number of amides is 1. The predicted octanol–water partition coefficient (Wildman–Crippen LogP) is 3.11. The number of carbonyl (C=O) groups is 1. The van der Waals surface area contributed by atoms with Gasteiger partial charge in [0.25, 0.3) is 0 Å². The smallest absolute Gasteiger partial charge is 0.222 e. The van der Waals surface area contributed by atoms with Gasteiger partial charge in [0.15, 0.2) is 0 Å². The first kappa shape index (κ1) is 17.7. The molecule has 1 aliphatic heterocycles. The Morgan fingerprint density at radius 1 is 1.22 bits per heavy atom. The van der Waals surface area contributed by atoms with E-state index in [1.165, 1.54) is 25.7 Å². The minimum atomic E-state index is 0. The lowest BCUT2D eigenvalue weighted by atomic mass is 9.99. The third-order valence-electron chi connectivity index (χ3n) is 3.76. The van der Waals surface area contributed by atoms with Crippen LogP contribution in [0.1, 0.15) is 64.7 Å². The van der Waals surface area contributed by atoms with Crippen molar-refractivity contribution in [1.29, 1.82) is 0 Å². The molecule has 3 nitrogen and oxygen atoms in total. The normalized spacial score (nSPS) is 19.4. The summed E-state index contributed by atoms with van der Waals surface area (Å²) in [7, 11) is 0. The maximum atomic E-state index is 12.1. The second-order valence-corrected chi connectivity index (χ2v) is 5.10. The Labute approximate surface area is 118 Å². The maximum Gasteiger partial charge on any atom is 0.222 e. The first-order valence-corrected chi connectivity index (χ1v) is 7.29. The van der Waals surface area contributed by atoms with Gasteiger partial charge >= 0.3 is 0 Å². The molecule has 1 aliphatic rings. The molecule has 1 rings (SSSR count). The Morgan fingerprint density at radius 2 is 1.94 bits per heavy atom. The van der Waals surface area contributed by atoms with Crippen LogP contribution in [0.15, 0.2) is 0 Å². The highest BCUT2D eigenvalue weighted by atomic mass is 35.5. The van der Waals surface area contributed by atoms with Crippen molar-refractivity contribution < 1.29 is 4.79 Å². The summed E-state index contributed by atoms with van der Waals surface area (Å²) in [6, 6.07) is 0.514. The quantitative estimate of drug-likeness (QED) is 0.726. The first-order valence-electron chi connectivity index (χ1n) is 7.29. The van der Waals surface area contributed by atoms with Crippen molar-refractivity contribution in [3.63, 3.8) is 0 Å². The van der Waals surface area contributed by atoms with E-state index in [4.69, 9.17) is 5.73 Å². The maximum absolute atomic E-state index is 12.1. The van der Waals surface area contributed by atoms with Crippen LogP contribution in [0, 0.1) is 0 Å². The number of unbranched alkanes of at least 4 members (excludes halogenated alkanes) is 3. The van der Waals surface area contributed by atoms with Gasteiger partial charge in [-0.1, -0.05) is 19.8 Å². The van der Waals surface area contributed by atoms with E-state index in [0.29, 0.717) is 11.9 Å². The molecule has 0 bridgehead atoms. The Bertz CT molecular complexity index is 224. The van der Waals surface area contributed by atoms with Crippen molar-refractivity contribution in [2.75, 3.05) is 13.1 Å². The highest BCUT2D eigenvalue weighted by Crippen LogP contribution is 2.20. The monoisotopic (exact) mass is 276 g/mol. The molecule has 0 aromatic carbocycles. The van der Waals surface area contributed by atoms with Gasteiger partial charge < -0.3 is 10.6 Å². The van der Waals surface area contributed by atoms with Crippen LogP contribution in [0.3, 0.4) is 0 Å². The fourth-order valence-electron chi connectivity index (χ4n) is 2.67. The number of rotatable bonds is 7. The molecule has 0 aromatic heterocycles. The van der Waals surface area contributed by atoms with Crippen LogP contribution in [0.4, 0.5) is 0 Å². The van der Waals surface area contributed by atoms with E-state index in [0.717, 1.165) is 45.2 Å². The Hall–Kier alpha value is -0.280. The van der Waals surface area contributed by atoms with Crippen molar-refractivity contribution >= 4 is 18.3 Å². The fourth-order valence-corrected chi connectivity index (χ4v) is 2.67. The number of hydrogen-bond donors (Lipinski definition) is 1. The molecule has 0 radical (unpaired) electrons. The first-order chi connectivity index (χ1) is 8.29. The summed E-state index contributed by atoms with van der Waals surface area (Å²) < 4.78 is 0. The van der Waals surface area contributed by atoms with Gasteiger partial charge in [-0.15, -0.1) is 12.4 Å². The Balaban J connectivity index is 0.00000289. The highest BCUT2D eigenvalue weighted by Gasteiger charge is 2.24. The molecule has 0 saturated carbocycles. The summed E-state index contributed by atoms with van der Waals surface area (Å²) in [6.45, 7) is 3.95. The molecule has 1 heterocycles. The second kappa shape index (κ2) is 10.6. The average Bonchev–Trinajstić information content (AvgIpc) is 2.38. The van der Waals surface area contributed by atoms with Gasteiger partial charge in [-0.3, -0.25) is 4.79 Å². The lowest BCUT2D eigenvalue weighted by Crippen LogP contribution is -2.43. The standard InChI is InChI=1S/C14H28N2O.ClH/c1-2-13-9-6-8-12-16(13)14(17)10-5-3-4-7-11-15;/h13H,2-12,15H2,1H3;1H. The van der Waals surface area contributed by atoms with E-state index in [1.807, 2.05) is 0 Å². The molecule has 2 N–H and O–H groups in total. The Morgan fingerprint density at radius 3 is 2.61 bits per heavy atom. The predicted molar refractivity (Wildman–Crippen MR) is 79.0 cm³/mol. The fraction of sp³-hybridized carbons (Fsp3) is 0.929. The molecule has 0 spiro atoms. The van der Waals surface area contributed by atoms with E-state index in [2.05, 4.69) is 11.8 Å². The van der Waals surface area contributed by atoms with Gasteiger partial charge in [0.2, 0.25) is 5.91 Å². The number of carbonyl (C=O) groups excluding carboxylic acids is 1. The largest absolute Gasteiger partial charge is 0.340 e. The van der Waals surface area contributed by atoms with E-state index >= 15 is 0 Å². The van der Waals surface area contributed by atoms with Gasteiger partial charge in [-0.2, -0.15) is 0 Å². The zero-order valence-electron chi connectivity index (χ0n) is 11.7. The topological polar surface area (TPSA) is 46.3 Å². The number of nitrogens with zero attached hydrogens (tertiary/aromatic N) is 1. The van der Waals surface area contributed by atoms with Gasteiger partial charge in [0.1, 0.15) is 0 Å². The third-order valence-corrected chi connectivity index (χ3v) is 3.76. The van der Waals surface area contributed by atoms with Gasteiger partial charge in [0.05, 0.1) is 0 Å². The molecule has 1 unspecified atom stereocenters. The van der Waals surface area contributed by atoms with Crippen LogP contribution < -0.4 is 5.73 Å². The number of piperidine rings is 1. The molecule has 0 aliphatic carbocycles. The highest BCUT2D eigenvalue weighted by molar-refractivity contribution is 5.85. The molecule has 1 fully saturated rings. The number of nitrogens with two attached hydrogens (primary N) is 1. The van der Waals surface area contributed by atoms with Crippen molar-refractivity contribution in [3.05, 3.63) is 0 Å². The number of likely N-dealkylation sites (tertiary alicyclic amines) is 1. The molecule has 108 valence electrons. The minimum Gasteiger partial charge on any atom is -0.340 e. The zero-order valence-corrected chi connectivity index (χ0v) is 12.5. The Kier molecular flexibility index (Phi) is 10.5. The van der Waals surface area contributed by atoms with Gasteiger partial charge in [-0.05, 0) is 45.1 Å². The second-order valence-electron chi connectivity index (χ2n) is 5.10. The minimum absolute atomic E-state index is 0. The lowest BCUT2D eigenvalue weighted by molar-refractivity contribution is -0.135. The van der Waals surface area contributed by atoms with Crippen molar-refractivity contribution in [3.8, 4) is 0 Å².